The van der Waals surface area contributed by atoms with Crippen LogP contribution in [0, 0.1) is 6.92 Å². The minimum absolute atomic E-state index is 0.452. The Labute approximate surface area is 164 Å². The van der Waals surface area contributed by atoms with Crippen molar-refractivity contribution in [1.29, 1.82) is 0 Å². The SMILES string of the molecule is Cc1c(NC(=S)Nc2nn(Cc3ccc(Cl)cc3)cc2Br)cnn1C. The van der Waals surface area contributed by atoms with Crippen molar-refractivity contribution in [2.75, 3.05) is 10.6 Å². The number of anilines is 2. The van der Waals surface area contributed by atoms with Crippen LogP contribution >= 0.6 is 39.7 Å². The first-order valence-electron chi connectivity index (χ1n) is 7.46. The van der Waals surface area contributed by atoms with E-state index < -0.39 is 0 Å². The molecule has 25 heavy (non-hydrogen) atoms. The fraction of sp³-hybridized carbons (Fsp3) is 0.188. The van der Waals surface area contributed by atoms with Gasteiger partial charge in [-0.15, -0.1) is 0 Å². The Morgan fingerprint density at radius 3 is 2.64 bits per heavy atom. The van der Waals surface area contributed by atoms with Crippen molar-refractivity contribution in [3.05, 3.63) is 57.4 Å². The number of aromatic nitrogens is 4. The molecule has 9 heteroatoms. The van der Waals surface area contributed by atoms with Crippen LogP contribution < -0.4 is 10.6 Å². The van der Waals surface area contributed by atoms with E-state index in [1.807, 2.05) is 49.1 Å². The Morgan fingerprint density at radius 1 is 1.28 bits per heavy atom. The molecular weight excluding hydrogens is 424 g/mol. The lowest BCUT2D eigenvalue weighted by Crippen LogP contribution is -2.20. The molecule has 0 aliphatic rings. The van der Waals surface area contributed by atoms with Gasteiger partial charge in [-0.05, 0) is 52.8 Å². The molecule has 0 unspecified atom stereocenters. The third kappa shape index (κ3) is 4.39. The first-order chi connectivity index (χ1) is 11.9. The Hall–Kier alpha value is -1.90. The van der Waals surface area contributed by atoms with Crippen molar-refractivity contribution < 1.29 is 0 Å². The van der Waals surface area contributed by atoms with E-state index in [1.165, 1.54) is 0 Å². The maximum Gasteiger partial charge on any atom is 0.176 e. The minimum Gasteiger partial charge on any atom is -0.330 e. The molecule has 3 aromatic rings. The fourth-order valence-electron chi connectivity index (χ4n) is 2.22. The first kappa shape index (κ1) is 17.9. The van der Waals surface area contributed by atoms with Gasteiger partial charge in [0.2, 0.25) is 0 Å². The molecule has 0 saturated heterocycles. The molecule has 0 amide bonds. The summed E-state index contributed by atoms with van der Waals surface area (Å²) < 4.78 is 4.43. The predicted octanol–water partition coefficient (Wildman–Crippen LogP) is 4.20. The zero-order valence-corrected chi connectivity index (χ0v) is 16.8. The molecular formula is C16H16BrClN6S. The number of thiocarbonyl (C=S) groups is 1. The van der Waals surface area contributed by atoms with Crippen LogP contribution in [-0.2, 0) is 13.6 Å². The number of benzene rings is 1. The summed E-state index contributed by atoms with van der Waals surface area (Å²) in [7, 11) is 1.88. The van der Waals surface area contributed by atoms with Crippen LogP contribution in [0.4, 0.5) is 11.5 Å². The van der Waals surface area contributed by atoms with Crippen LogP contribution in [0.5, 0.6) is 0 Å². The molecule has 0 aliphatic heterocycles. The summed E-state index contributed by atoms with van der Waals surface area (Å²) in [5, 5.41) is 16.1. The summed E-state index contributed by atoms with van der Waals surface area (Å²) in [5.41, 5.74) is 2.96. The van der Waals surface area contributed by atoms with Crippen molar-refractivity contribution in [3.63, 3.8) is 0 Å². The smallest absolute Gasteiger partial charge is 0.176 e. The third-order valence-corrected chi connectivity index (χ3v) is 4.73. The Morgan fingerprint density at radius 2 is 2.00 bits per heavy atom. The number of halogens is 2. The maximum atomic E-state index is 5.91. The van der Waals surface area contributed by atoms with Gasteiger partial charge in [-0.3, -0.25) is 9.36 Å². The van der Waals surface area contributed by atoms with Gasteiger partial charge >= 0.3 is 0 Å². The number of hydrogen-bond acceptors (Lipinski definition) is 3. The van der Waals surface area contributed by atoms with E-state index in [-0.39, 0.29) is 0 Å². The molecule has 0 radical (unpaired) electrons. The zero-order chi connectivity index (χ0) is 18.0. The van der Waals surface area contributed by atoms with Gasteiger partial charge < -0.3 is 10.6 Å². The van der Waals surface area contributed by atoms with Crippen LogP contribution in [-0.4, -0.2) is 24.7 Å². The van der Waals surface area contributed by atoms with E-state index in [9.17, 15) is 0 Å². The molecule has 0 bridgehead atoms. The summed E-state index contributed by atoms with van der Waals surface area (Å²) in [6.45, 7) is 2.61. The van der Waals surface area contributed by atoms with Crippen molar-refractivity contribution in [3.8, 4) is 0 Å². The Bertz CT molecular complexity index is 902. The molecule has 0 fully saturated rings. The average Bonchev–Trinajstić information content (AvgIpc) is 3.06. The third-order valence-electron chi connectivity index (χ3n) is 3.69. The predicted molar refractivity (Wildman–Crippen MR) is 108 cm³/mol. The maximum absolute atomic E-state index is 5.91. The summed E-state index contributed by atoms with van der Waals surface area (Å²) >= 11 is 14.8. The number of rotatable bonds is 4. The van der Waals surface area contributed by atoms with Gasteiger partial charge in [0.15, 0.2) is 10.9 Å². The molecule has 0 spiro atoms. The summed E-state index contributed by atoms with van der Waals surface area (Å²) in [5.74, 6) is 0.646. The number of nitrogens with one attached hydrogen (secondary N) is 2. The Balaban J connectivity index is 1.66. The first-order valence-corrected chi connectivity index (χ1v) is 9.04. The van der Waals surface area contributed by atoms with Crippen LogP contribution in [0.1, 0.15) is 11.3 Å². The molecule has 6 nitrogen and oxygen atoms in total. The zero-order valence-electron chi connectivity index (χ0n) is 13.6. The molecule has 0 atom stereocenters. The Kier molecular flexibility index (Phi) is 5.41. The highest BCUT2D eigenvalue weighted by atomic mass is 79.9. The highest BCUT2D eigenvalue weighted by Crippen LogP contribution is 2.22. The van der Waals surface area contributed by atoms with Gasteiger partial charge in [-0.2, -0.15) is 10.2 Å². The highest BCUT2D eigenvalue weighted by Gasteiger charge is 2.11. The minimum atomic E-state index is 0.452. The molecule has 3 rings (SSSR count). The van der Waals surface area contributed by atoms with E-state index in [0.717, 1.165) is 26.4 Å². The lowest BCUT2D eigenvalue weighted by molar-refractivity contribution is 0.689. The van der Waals surface area contributed by atoms with E-state index >= 15 is 0 Å². The van der Waals surface area contributed by atoms with Gasteiger partial charge in [-0.25, -0.2) is 0 Å². The lowest BCUT2D eigenvalue weighted by Gasteiger charge is -2.08. The van der Waals surface area contributed by atoms with E-state index in [2.05, 4.69) is 36.8 Å². The standard InChI is InChI=1S/C16H16BrClN6S/c1-10-14(7-19-23(10)2)20-16(25)21-15-13(17)9-24(22-15)8-11-3-5-12(18)6-4-11/h3-7,9H,8H2,1-2H3,(H2,20,21,22,25). The quantitative estimate of drug-likeness (QED) is 0.597. The van der Waals surface area contributed by atoms with E-state index in [4.69, 9.17) is 23.8 Å². The van der Waals surface area contributed by atoms with Gasteiger partial charge in [-0.1, -0.05) is 23.7 Å². The van der Waals surface area contributed by atoms with Gasteiger partial charge in [0, 0.05) is 18.3 Å². The normalized spacial score (nSPS) is 10.7. The van der Waals surface area contributed by atoms with Crippen molar-refractivity contribution >= 4 is 56.4 Å². The monoisotopic (exact) mass is 438 g/mol. The topological polar surface area (TPSA) is 59.7 Å². The van der Waals surface area contributed by atoms with Crippen molar-refractivity contribution in [1.82, 2.24) is 19.6 Å². The van der Waals surface area contributed by atoms with Crippen molar-refractivity contribution in [2.45, 2.75) is 13.5 Å². The number of hydrogen-bond donors (Lipinski definition) is 2. The highest BCUT2D eigenvalue weighted by molar-refractivity contribution is 9.10. The molecule has 2 aromatic heterocycles. The lowest BCUT2D eigenvalue weighted by atomic mass is 10.2. The molecule has 130 valence electrons. The second-order valence-corrected chi connectivity index (χ2v) is 7.20. The number of nitrogens with zero attached hydrogens (tertiary/aromatic N) is 4. The molecule has 2 N–H and O–H groups in total. The largest absolute Gasteiger partial charge is 0.330 e. The molecule has 1 aromatic carbocycles. The molecule has 2 heterocycles. The van der Waals surface area contributed by atoms with Crippen molar-refractivity contribution in [2.24, 2.45) is 7.05 Å². The summed E-state index contributed by atoms with van der Waals surface area (Å²) in [4.78, 5) is 0. The van der Waals surface area contributed by atoms with E-state index in [1.54, 1.807) is 10.9 Å². The summed E-state index contributed by atoms with van der Waals surface area (Å²) in [6, 6.07) is 7.68. The number of aryl methyl sites for hydroxylation is 1. The fourth-order valence-corrected chi connectivity index (χ4v) is 2.97. The van der Waals surface area contributed by atoms with Gasteiger partial charge in [0.1, 0.15) is 0 Å². The van der Waals surface area contributed by atoms with Gasteiger partial charge in [0.05, 0.1) is 28.6 Å². The van der Waals surface area contributed by atoms with Crippen LogP contribution in [0.3, 0.4) is 0 Å². The van der Waals surface area contributed by atoms with Gasteiger partial charge in [0.25, 0.3) is 0 Å². The second kappa shape index (κ2) is 7.55. The van der Waals surface area contributed by atoms with Crippen LogP contribution in [0.15, 0.2) is 41.1 Å². The van der Waals surface area contributed by atoms with Crippen LogP contribution in [0.25, 0.3) is 0 Å². The van der Waals surface area contributed by atoms with E-state index in [0.29, 0.717) is 17.5 Å². The van der Waals surface area contributed by atoms with Crippen LogP contribution in [0.2, 0.25) is 5.02 Å². The molecule has 0 aliphatic carbocycles. The second-order valence-electron chi connectivity index (χ2n) is 5.50. The molecule has 0 saturated carbocycles. The summed E-state index contributed by atoms with van der Waals surface area (Å²) in [6.07, 6.45) is 3.63. The average molecular weight is 440 g/mol.